The first-order valence-corrected chi connectivity index (χ1v) is 5.83. The molecule has 86 valence electrons. The molecule has 1 N–H and O–H groups in total. The van der Waals surface area contributed by atoms with Crippen molar-refractivity contribution in [1.82, 2.24) is 9.97 Å². The molecule has 0 saturated heterocycles. The Labute approximate surface area is 107 Å². The van der Waals surface area contributed by atoms with Gasteiger partial charge in [0.05, 0.1) is 10.6 Å². The monoisotopic (exact) mass is 266 g/mol. The fourth-order valence-electron chi connectivity index (χ4n) is 1.19. The van der Waals surface area contributed by atoms with Crippen molar-refractivity contribution in [2.75, 3.05) is 0 Å². The standard InChI is InChI=1S/C11H7ClN2O2S/c12-8-2-1-4-14-10(8)17-9-6-13-5-3-7(9)11(15)16/h1-6H,(H,15,16). The summed E-state index contributed by atoms with van der Waals surface area (Å²) >= 11 is 7.14. The zero-order valence-electron chi connectivity index (χ0n) is 8.50. The van der Waals surface area contributed by atoms with Crippen LogP contribution >= 0.6 is 23.4 Å². The van der Waals surface area contributed by atoms with Crippen LogP contribution in [0, 0.1) is 0 Å². The van der Waals surface area contributed by atoms with Gasteiger partial charge in [-0.2, -0.15) is 0 Å². The number of rotatable bonds is 3. The van der Waals surface area contributed by atoms with E-state index < -0.39 is 5.97 Å². The lowest BCUT2D eigenvalue weighted by molar-refractivity contribution is 0.0693. The van der Waals surface area contributed by atoms with Crippen molar-refractivity contribution in [3.63, 3.8) is 0 Å². The average molecular weight is 267 g/mol. The van der Waals surface area contributed by atoms with Crippen LogP contribution in [0.3, 0.4) is 0 Å². The van der Waals surface area contributed by atoms with Crippen molar-refractivity contribution < 1.29 is 9.90 Å². The molecular formula is C11H7ClN2O2S. The van der Waals surface area contributed by atoms with Crippen LogP contribution in [0.4, 0.5) is 0 Å². The molecule has 0 fully saturated rings. The first-order chi connectivity index (χ1) is 8.18. The normalized spacial score (nSPS) is 10.2. The number of aromatic nitrogens is 2. The van der Waals surface area contributed by atoms with Gasteiger partial charge in [0.25, 0.3) is 0 Å². The van der Waals surface area contributed by atoms with Crippen molar-refractivity contribution in [3.05, 3.63) is 47.4 Å². The second-order valence-electron chi connectivity index (χ2n) is 3.07. The lowest BCUT2D eigenvalue weighted by Gasteiger charge is -2.05. The Kier molecular flexibility index (Phi) is 3.61. The summed E-state index contributed by atoms with van der Waals surface area (Å²) in [4.78, 5) is 19.5. The summed E-state index contributed by atoms with van der Waals surface area (Å²) in [6.45, 7) is 0. The molecule has 0 saturated carbocycles. The number of hydrogen-bond acceptors (Lipinski definition) is 4. The Morgan fingerprint density at radius 1 is 1.35 bits per heavy atom. The van der Waals surface area contributed by atoms with E-state index in [9.17, 15) is 4.79 Å². The van der Waals surface area contributed by atoms with Gasteiger partial charge in [0.1, 0.15) is 5.03 Å². The van der Waals surface area contributed by atoms with E-state index in [1.54, 1.807) is 18.3 Å². The van der Waals surface area contributed by atoms with E-state index in [1.165, 1.54) is 30.2 Å². The number of carbonyl (C=O) groups is 1. The second-order valence-corrected chi connectivity index (χ2v) is 4.51. The zero-order valence-corrected chi connectivity index (χ0v) is 10.1. The molecule has 0 radical (unpaired) electrons. The van der Waals surface area contributed by atoms with E-state index in [0.717, 1.165) is 0 Å². The molecule has 0 aromatic carbocycles. The molecule has 4 nitrogen and oxygen atoms in total. The van der Waals surface area contributed by atoms with Crippen molar-refractivity contribution in [1.29, 1.82) is 0 Å². The predicted octanol–water partition coefficient (Wildman–Crippen LogP) is 2.98. The van der Waals surface area contributed by atoms with Crippen molar-refractivity contribution in [2.24, 2.45) is 0 Å². The molecule has 0 unspecified atom stereocenters. The summed E-state index contributed by atoms with van der Waals surface area (Å²) in [5, 5.41) is 10.1. The Morgan fingerprint density at radius 2 is 2.18 bits per heavy atom. The van der Waals surface area contributed by atoms with Crippen molar-refractivity contribution in [2.45, 2.75) is 9.92 Å². The largest absolute Gasteiger partial charge is 0.478 e. The van der Waals surface area contributed by atoms with Crippen LogP contribution in [0.5, 0.6) is 0 Å². The van der Waals surface area contributed by atoms with Gasteiger partial charge in [0.2, 0.25) is 0 Å². The summed E-state index contributed by atoms with van der Waals surface area (Å²) in [5.74, 6) is -0.998. The number of carboxylic acids is 1. The van der Waals surface area contributed by atoms with Crippen LogP contribution in [-0.4, -0.2) is 21.0 Å². The molecule has 0 aliphatic rings. The van der Waals surface area contributed by atoms with E-state index in [-0.39, 0.29) is 5.56 Å². The summed E-state index contributed by atoms with van der Waals surface area (Å²) in [6.07, 6.45) is 4.53. The maximum Gasteiger partial charge on any atom is 0.336 e. The lowest BCUT2D eigenvalue weighted by atomic mass is 10.3. The van der Waals surface area contributed by atoms with Gasteiger partial charge in [-0.3, -0.25) is 4.98 Å². The molecule has 2 aromatic heterocycles. The maximum absolute atomic E-state index is 11.0. The number of nitrogens with zero attached hydrogens (tertiary/aromatic N) is 2. The summed E-state index contributed by atoms with van der Waals surface area (Å²) < 4.78 is 0. The molecule has 0 aliphatic carbocycles. The van der Waals surface area contributed by atoms with Gasteiger partial charge in [-0.1, -0.05) is 23.4 Å². The quantitative estimate of drug-likeness (QED) is 0.925. The van der Waals surface area contributed by atoms with E-state index in [4.69, 9.17) is 16.7 Å². The minimum Gasteiger partial charge on any atom is -0.478 e. The Hall–Kier alpha value is -1.59. The first kappa shape index (κ1) is 11.9. The molecule has 0 spiro atoms. The first-order valence-electron chi connectivity index (χ1n) is 4.64. The third-order valence-corrected chi connectivity index (χ3v) is 3.43. The predicted molar refractivity (Wildman–Crippen MR) is 64.6 cm³/mol. The van der Waals surface area contributed by atoms with Crippen LogP contribution in [0.1, 0.15) is 10.4 Å². The molecule has 2 rings (SSSR count). The fraction of sp³-hybridized carbons (Fsp3) is 0. The van der Waals surface area contributed by atoms with E-state index in [0.29, 0.717) is 14.9 Å². The smallest absolute Gasteiger partial charge is 0.336 e. The average Bonchev–Trinajstić information content (AvgIpc) is 2.32. The molecule has 17 heavy (non-hydrogen) atoms. The van der Waals surface area contributed by atoms with Crippen molar-refractivity contribution >= 4 is 29.3 Å². The van der Waals surface area contributed by atoms with E-state index >= 15 is 0 Å². The van der Waals surface area contributed by atoms with Gasteiger partial charge in [-0.15, -0.1) is 0 Å². The van der Waals surface area contributed by atoms with Gasteiger partial charge in [-0.25, -0.2) is 9.78 Å². The lowest BCUT2D eigenvalue weighted by Crippen LogP contribution is -1.99. The van der Waals surface area contributed by atoms with Gasteiger partial charge in [0.15, 0.2) is 0 Å². The zero-order chi connectivity index (χ0) is 12.3. The van der Waals surface area contributed by atoms with Crippen LogP contribution in [0.25, 0.3) is 0 Å². The van der Waals surface area contributed by atoms with Gasteiger partial charge in [0, 0.05) is 23.5 Å². The number of pyridine rings is 2. The highest BCUT2D eigenvalue weighted by Gasteiger charge is 2.12. The molecule has 0 bridgehead atoms. The van der Waals surface area contributed by atoms with Crippen LogP contribution in [-0.2, 0) is 0 Å². The number of aromatic carboxylic acids is 1. The Morgan fingerprint density at radius 3 is 2.88 bits per heavy atom. The molecule has 2 heterocycles. The summed E-state index contributed by atoms with van der Waals surface area (Å²) in [7, 11) is 0. The molecule has 2 aromatic rings. The van der Waals surface area contributed by atoms with Crippen LogP contribution < -0.4 is 0 Å². The number of hydrogen-bond donors (Lipinski definition) is 1. The second kappa shape index (κ2) is 5.16. The highest BCUT2D eigenvalue weighted by Crippen LogP contribution is 2.32. The van der Waals surface area contributed by atoms with Crippen LogP contribution in [0.2, 0.25) is 5.02 Å². The van der Waals surface area contributed by atoms with Crippen LogP contribution in [0.15, 0.2) is 46.7 Å². The molecule has 6 heteroatoms. The molecule has 0 aliphatic heterocycles. The van der Waals surface area contributed by atoms with E-state index in [1.807, 2.05) is 0 Å². The Bertz CT molecular complexity index is 563. The van der Waals surface area contributed by atoms with Crippen molar-refractivity contribution in [3.8, 4) is 0 Å². The highest BCUT2D eigenvalue weighted by molar-refractivity contribution is 7.99. The highest BCUT2D eigenvalue weighted by atomic mass is 35.5. The minimum absolute atomic E-state index is 0.187. The summed E-state index contributed by atoms with van der Waals surface area (Å²) in [6, 6.07) is 4.86. The molecular weight excluding hydrogens is 260 g/mol. The van der Waals surface area contributed by atoms with Gasteiger partial charge < -0.3 is 5.11 Å². The third-order valence-electron chi connectivity index (χ3n) is 1.95. The number of carboxylic acid groups (broad SMARTS) is 1. The van der Waals surface area contributed by atoms with Gasteiger partial charge >= 0.3 is 5.97 Å². The SMILES string of the molecule is O=C(O)c1ccncc1Sc1ncccc1Cl. The fourth-order valence-corrected chi connectivity index (χ4v) is 2.29. The summed E-state index contributed by atoms with van der Waals surface area (Å²) in [5.41, 5.74) is 0.187. The third kappa shape index (κ3) is 2.75. The van der Waals surface area contributed by atoms with E-state index in [2.05, 4.69) is 9.97 Å². The topological polar surface area (TPSA) is 63.1 Å². The van der Waals surface area contributed by atoms with Gasteiger partial charge in [-0.05, 0) is 18.2 Å². The maximum atomic E-state index is 11.0. The number of halogens is 1. The molecule has 0 atom stereocenters. The molecule has 0 amide bonds. The minimum atomic E-state index is -0.998. The Balaban J connectivity index is 2.37.